The fourth-order valence-electron chi connectivity index (χ4n) is 1.28. The summed E-state index contributed by atoms with van der Waals surface area (Å²) in [6, 6.07) is 0.221. The first-order valence-corrected chi connectivity index (χ1v) is 5.52. The molecular formula is C8H12Cl3N3. The van der Waals surface area contributed by atoms with Crippen LogP contribution in [0.25, 0.3) is 0 Å². The quantitative estimate of drug-likeness (QED) is 0.761. The molecule has 0 aliphatic heterocycles. The second-order valence-electron chi connectivity index (χ2n) is 3.27. The van der Waals surface area contributed by atoms with Gasteiger partial charge in [0.05, 0.1) is 5.69 Å². The van der Waals surface area contributed by atoms with Crippen LogP contribution < -0.4 is 0 Å². The summed E-state index contributed by atoms with van der Waals surface area (Å²) in [4.78, 5) is 0. The molecule has 1 aromatic heterocycles. The van der Waals surface area contributed by atoms with Gasteiger partial charge in [0, 0.05) is 6.04 Å². The van der Waals surface area contributed by atoms with E-state index in [0.717, 1.165) is 12.1 Å². The largest absolute Gasteiger partial charge is 0.246 e. The van der Waals surface area contributed by atoms with Gasteiger partial charge in [-0.25, -0.2) is 4.68 Å². The number of halogens is 3. The van der Waals surface area contributed by atoms with Crippen LogP contribution >= 0.6 is 34.8 Å². The third-order valence-corrected chi connectivity index (χ3v) is 2.42. The number of hydrogen-bond acceptors (Lipinski definition) is 2. The second kappa shape index (κ2) is 4.25. The summed E-state index contributed by atoms with van der Waals surface area (Å²) >= 11 is 17.3. The lowest BCUT2D eigenvalue weighted by Crippen LogP contribution is -2.10. The molecule has 1 aromatic rings. The fourth-order valence-corrected chi connectivity index (χ4v) is 1.72. The van der Waals surface area contributed by atoms with Crippen molar-refractivity contribution >= 4 is 34.8 Å². The molecule has 1 heterocycles. The number of alkyl halides is 3. The molecule has 0 spiro atoms. The first-order valence-electron chi connectivity index (χ1n) is 4.39. The molecule has 0 unspecified atom stereocenters. The average Bonchev–Trinajstić information content (AvgIpc) is 2.45. The van der Waals surface area contributed by atoms with Gasteiger partial charge in [-0.2, -0.15) is 0 Å². The van der Waals surface area contributed by atoms with Crippen molar-refractivity contribution in [2.45, 2.75) is 37.0 Å². The Hall–Kier alpha value is 0.01000. The maximum atomic E-state index is 5.78. The molecule has 0 saturated heterocycles. The van der Waals surface area contributed by atoms with E-state index in [1.54, 1.807) is 4.68 Å². The molecule has 14 heavy (non-hydrogen) atoms. The van der Waals surface area contributed by atoms with Gasteiger partial charge in [-0.1, -0.05) is 46.9 Å². The van der Waals surface area contributed by atoms with Gasteiger partial charge in [0.2, 0.25) is 3.79 Å². The number of aromatic nitrogens is 3. The summed E-state index contributed by atoms with van der Waals surface area (Å²) in [5, 5.41) is 7.86. The van der Waals surface area contributed by atoms with E-state index in [0.29, 0.717) is 5.69 Å². The molecule has 0 aromatic carbocycles. The molecule has 0 atom stereocenters. The molecular weight excluding hydrogens is 244 g/mol. The van der Waals surface area contributed by atoms with Gasteiger partial charge in [0.1, 0.15) is 5.69 Å². The average molecular weight is 257 g/mol. The van der Waals surface area contributed by atoms with Crippen molar-refractivity contribution in [3.8, 4) is 0 Å². The number of rotatable bonds is 2. The molecule has 6 heteroatoms. The van der Waals surface area contributed by atoms with Crippen molar-refractivity contribution in [2.75, 3.05) is 0 Å². The van der Waals surface area contributed by atoms with Crippen LogP contribution in [0.15, 0.2) is 0 Å². The first kappa shape index (κ1) is 12.1. The van der Waals surface area contributed by atoms with Gasteiger partial charge in [-0.05, 0) is 20.3 Å². The van der Waals surface area contributed by atoms with Gasteiger partial charge in [0.25, 0.3) is 0 Å². The highest BCUT2D eigenvalue weighted by Gasteiger charge is 2.31. The second-order valence-corrected chi connectivity index (χ2v) is 5.56. The summed E-state index contributed by atoms with van der Waals surface area (Å²) in [6.45, 7) is 6.00. The molecule has 3 nitrogen and oxygen atoms in total. The molecule has 0 aliphatic rings. The lowest BCUT2D eigenvalue weighted by atomic mass is 10.2. The Balaban J connectivity index is 3.21. The van der Waals surface area contributed by atoms with Crippen LogP contribution in [0.3, 0.4) is 0 Å². The molecule has 0 bridgehead atoms. The third-order valence-electron chi connectivity index (χ3n) is 1.88. The van der Waals surface area contributed by atoms with E-state index in [-0.39, 0.29) is 6.04 Å². The minimum Gasteiger partial charge on any atom is -0.246 e. The molecule has 0 fully saturated rings. The Bertz CT molecular complexity index is 314. The molecule has 1 rings (SSSR count). The summed E-state index contributed by atoms with van der Waals surface area (Å²) in [5.74, 6) is 0. The van der Waals surface area contributed by atoms with E-state index < -0.39 is 3.79 Å². The van der Waals surface area contributed by atoms with Gasteiger partial charge >= 0.3 is 0 Å². The zero-order chi connectivity index (χ0) is 10.9. The van der Waals surface area contributed by atoms with E-state index in [1.165, 1.54) is 0 Å². The Morgan fingerprint density at radius 2 is 1.93 bits per heavy atom. The van der Waals surface area contributed by atoms with Crippen LogP contribution in [0.4, 0.5) is 0 Å². The van der Waals surface area contributed by atoms with E-state index >= 15 is 0 Å². The maximum absolute atomic E-state index is 5.78. The summed E-state index contributed by atoms with van der Waals surface area (Å²) in [6.07, 6.45) is 0.744. The van der Waals surface area contributed by atoms with Crippen LogP contribution in [0, 0.1) is 0 Å². The van der Waals surface area contributed by atoms with Gasteiger partial charge in [0.15, 0.2) is 0 Å². The molecule has 0 aliphatic carbocycles. The van der Waals surface area contributed by atoms with Crippen LogP contribution in [0.1, 0.15) is 38.2 Å². The number of hydrogen-bond donors (Lipinski definition) is 0. The zero-order valence-electron chi connectivity index (χ0n) is 8.26. The van der Waals surface area contributed by atoms with Crippen molar-refractivity contribution in [2.24, 2.45) is 0 Å². The minimum absolute atomic E-state index is 0.221. The van der Waals surface area contributed by atoms with Crippen LogP contribution in [-0.2, 0) is 10.2 Å². The van der Waals surface area contributed by atoms with E-state index in [4.69, 9.17) is 34.8 Å². The minimum atomic E-state index is -1.49. The van der Waals surface area contributed by atoms with E-state index in [9.17, 15) is 0 Å². The predicted octanol–water partition coefficient (Wildman–Crippen LogP) is 3.25. The van der Waals surface area contributed by atoms with Gasteiger partial charge in [-0.15, -0.1) is 5.10 Å². The molecule has 0 saturated carbocycles. The van der Waals surface area contributed by atoms with Crippen molar-refractivity contribution in [1.82, 2.24) is 15.0 Å². The fraction of sp³-hybridized carbons (Fsp3) is 0.750. The van der Waals surface area contributed by atoms with Crippen molar-refractivity contribution < 1.29 is 0 Å². The number of nitrogens with zero attached hydrogens (tertiary/aromatic N) is 3. The Morgan fingerprint density at radius 1 is 1.36 bits per heavy atom. The summed E-state index contributed by atoms with van der Waals surface area (Å²) < 4.78 is 0.287. The monoisotopic (exact) mass is 255 g/mol. The van der Waals surface area contributed by atoms with Crippen molar-refractivity contribution in [3.05, 3.63) is 11.4 Å². The maximum Gasteiger partial charge on any atom is 0.236 e. The highest BCUT2D eigenvalue weighted by atomic mass is 35.6. The lowest BCUT2D eigenvalue weighted by molar-refractivity contribution is 0.496. The topological polar surface area (TPSA) is 30.7 Å². The predicted molar refractivity (Wildman–Crippen MR) is 59.0 cm³/mol. The standard InChI is InChI=1S/C8H12Cl3N3/c1-4-6-7(8(9,10)11)12-13-14(6)5(2)3/h5H,4H2,1-3H3. The van der Waals surface area contributed by atoms with Crippen LogP contribution in [0.2, 0.25) is 0 Å². The molecule has 0 radical (unpaired) electrons. The Morgan fingerprint density at radius 3 is 2.29 bits per heavy atom. The Kier molecular flexibility index (Phi) is 3.67. The molecule has 0 N–H and O–H groups in total. The highest BCUT2D eigenvalue weighted by molar-refractivity contribution is 6.66. The van der Waals surface area contributed by atoms with E-state index in [2.05, 4.69) is 10.3 Å². The lowest BCUT2D eigenvalue weighted by Gasteiger charge is -2.12. The molecule has 0 amide bonds. The van der Waals surface area contributed by atoms with Crippen molar-refractivity contribution in [3.63, 3.8) is 0 Å². The zero-order valence-corrected chi connectivity index (χ0v) is 10.5. The normalized spacial score (nSPS) is 12.5. The first-order chi connectivity index (χ1) is 6.38. The van der Waals surface area contributed by atoms with E-state index in [1.807, 2.05) is 20.8 Å². The van der Waals surface area contributed by atoms with Gasteiger partial charge in [-0.3, -0.25) is 0 Å². The SMILES string of the molecule is CCc1c(C(Cl)(Cl)Cl)nnn1C(C)C. The van der Waals surface area contributed by atoms with Crippen LogP contribution in [-0.4, -0.2) is 15.0 Å². The summed E-state index contributed by atoms with van der Waals surface area (Å²) in [5.41, 5.74) is 1.30. The highest BCUT2D eigenvalue weighted by Crippen LogP contribution is 2.39. The summed E-state index contributed by atoms with van der Waals surface area (Å²) in [7, 11) is 0. The van der Waals surface area contributed by atoms with Gasteiger partial charge < -0.3 is 0 Å². The Labute approximate surface area is 98.3 Å². The third kappa shape index (κ3) is 2.33. The van der Waals surface area contributed by atoms with Crippen LogP contribution in [0.5, 0.6) is 0 Å². The molecule has 80 valence electrons. The van der Waals surface area contributed by atoms with Crippen molar-refractivity contribution in [1.29, 1.82) is 0 Å². The smallest absolute Gasteiger partial charge is 0.236 e.